The monoisotopic (exact) mass is 415 g/mol. The lowest BCUT2D eigenvalue weighted by atomic mass is 9.88. The molecule has 8 heteroatoms. The molecule has 1 fully saturated rings. The molecule has 0 radical (unpaired) electrons. The van der Waals surface area contributed by atoms with Crippen molar-refractivity contribution in [2.75, 3.05) is 6.54 Å². The standard InChI is InChI=1S/C20H23N3O5.C2H6/c1-12-7-9-14(10-8-12)23-17(13-5-3-2-4-6-13)22-19(27)16(20(23)28)18(26)21-11-15(24)25;1-2/h7-10,13,27H,2-6,11H2,1H3,(H,21,26)(H,24,25);1-2H3. The third-order valence-corrected chi connectivity index (χ3v) is 4.98. The fourth-order valence-electron chi connectivity index (χ4n) is 3.55. The summed E-state index contributed by atoms with van der Waals surface area (Å²) in [5.41, 5.74) is 0.305. The molecule has 0 aliphatic heterocycles. The van der Waals surface area contributed by atoms with Crippen LogP contribution in [0.2, 0.25) is 0 Å². The third-order valence-electron chi connectivity index (χ3n) is 4.98. The van der Waals surface area contributed by atoms with Crippen LogP contribution in [0.4, 0.5) is 0 Å². The number of aromatic nitrogens is 2. The van der Waals surface area contributed by atoms with Gasteiger partial charge in [-0.15, -0.1) is 0 Å². The van der Waals surface area contributed by atoms with Gasteiger partial charge in [0.05, 0.1) is 5.69 Å². The molecule has 1 aromatic carbocycles. The molecule has 1 amide bonds. The van der Waals surface area contributed by atoms with Crippen molar-refractivity contribution >= 4 is 11.9 Å². The zero-order valence-corrected chi connectivity index (χ0v) is 17.6. The van der Waals surface area contributed by atoms with Crippen LogP contribution in [-0.4, -0.2) is 38.2 Å². The van der Waals surface area contributed by atoms with Crippen molar-refractivity contribution in [2.24, 2.45) is 0 Å². The highest BCUT2D eigenvalue weighted by molar-refractivity contribution is 5.97. The van der Waals surface area contributed by atoms with E-state index in [2.05, 4.69) is 10.3 Å². The van der Waals surface area contributed by atoms with Crippen LogP contribution in [0.25, 0.3) is 5.69 Å². The van der Waals surface area contributed by atoms with E-state index in [-0.39, 0.29) is 5.92 Å². The van der Waals surface area contributed by atoms with E-state index >= 15 is 0 Å². The Labute approximate surface area is 175 Å². The molecule has 162 valence electrons. The van der Waals surface area contributed by atoms with Crippen LogP contribution < -0.4 is 10.9 Å². The largest absolute Gasteiger partial charge is 0.493 e. The van der Waals surface area contributed by atoms with Gasteiger partial charge in [0.15, 0.2) is 5.56 Å². The summed E-state index contributed by atoms with van der Waals surface area (Å²) in [6.45, 7) is 5.26. The van der Waals surface area contributed by atoms with E-state index in [0.717, 1.165) is 37.7 Å². The van der Waals surface area contributed by atoms with Gasteiger partial charge in [0.1, 0.15) is 12.4 Å². The van der Waals surface area contributed by atoms with Gasteiger partial charge in [-0.25, -0.2) is 0 Å². The average molecular weight is 415 g/mol. The van der Waals surface area contributed by atoms with Crippen molar-refractivity contribution in [1.29, 1.82) is 0 Å². The number of benzene rings is 1. The van der Waals surface area contributed by atoms with E-state index in [1.54, 1.807) is 12.1 Å². The minimum absolute atomic E-state index is 0.00443. The number of aromatic hydroxyl groups is 1. The Morgan fingerprint density at radius 2 is 1.73 bits per heavy atom. The number of nitrogens with zero attached hydrogens (tertiary/aromatic N) is 2. The first-order chi connectivity index (χ1) is 14.4. The predicted molar refractivity (Wildman–Crippen MR) is 113 cm³/mol. The maximum Gasteiger partial charge on any atom is 0.322 e. The number of amides is 1. The Kier molecular flexibility index (Phi) is 8.15. The number of carbonyl (C=O) groups is 2. The molecule has 3 N–H and O–H groups in total. The Morgan fingerprint density at radius 1 is 1.13 bits per heavy atom. The first-order valence-electron chi connectivity index (χ1n) is 10.3. The molecular formula is C22H29N3O5. The molecule has 0 unspecified atom stereocenters. The summed E-state index contributed by atoms with van der Waals surface area (Å²) in [5, 5.41) is 21.2. The number of rotatable bonds is 5. The van der Waals surface area contributed by atoms with Crippen LogP contribution in [0.5, 0.6) is 5.88 Å². The Hall–Kier alpha value is -3.16. The Balaban J connectivity index is 0.00000155. The molecule has 1 aliphatic carbocycles. The van der Waals surface area contributed by atoms with Crippen molar-refractivity contribution in [3.05, 3.63) is 51.6 Å². The van der Waals surface area contributed by atoms with E-state index in [4.69, 9.17) is 5.11 Å². The fraction of sp³-hybridized carbons (Fsp3) is 0.455. The number of carboxylic acids is 1. The molecule has 3 rings (SSSR count). The van der Waals surface area contributed by atoms with Gasteiger partial charge < -0.3 is 15.5 Å². The van der Waals surface area contributed by atoms with Crippen LogP contribution in [0, 0.1) is 6.92 Å². The maximum absolute atomic E-state index is 13.2. The van der Waals surface area contributed by atoms with Gasteiger partial charge >= 0.3 is 5.97 Å². The number of nitrogens with one attached hydrogen (secondary N) is 1. The molecule has 0 atom stereocenters. The summed E-state index contributed by atoms with van der Waals surface area (Å²) in [7, 11) is 0. The van der Waals surface area contributed by atoms with Crippen molar-refractivity contribution in [3.8, 4) is 11.6 Å². The van der Waals surface area contributed by atoms with Crippen LogP contribution in [0.3, 0.4) is 0 Å². The van der Waals surface area contributed by atoms with E-state index in [9.17, 15) is 19.5 Å². The number of carbonyl (C=O) groups excluding carboxylic acids is 1. The third kappa shape index (κ3) is 5.25. The van der Waals surface area contributed by atoms with E-state index in [0.29, 0.717) is 11.5 Å². The molecular weight excluding hydrogens is 386 g/mol. The summed E-state index contributed by atoms with van der Waals surface area (Å²) < 4.78 is 1.37. The summed E-state index contributed by atoms with van der Waals surface area (Å²) in [4.78, 5) is 40.4. The van der Waals surface area contributed by atoms with Gasteiger partial charge in [0.25, 0.3) is 11.5 Å². The topological polar surface area (TPSA) is 122 Å². The molecule has 2 aromatic rings. The first-order valence-corrected chi connectivity index (χ1v) is 10.3. The van der Waals surface area contributed by atoms with Crippen LogP contribution in [-0.2, 0) is 4.79 Å². The highest BCUT2D eigenvalue weighted by Gasteiger charge is 2.28. The summed E-state index contributed by atoms with van der Waals surface area (Å²) in [6, 6.07) is 7.23. The minimum Gasteiger partial charge on any atom is -0.493 e. The lowest BCUT2D eigenvalue weighted by molar-refractivity contribution is -0.135. The smallest absolute Gasteiger partial charge is 0.322 e. The van der Waals surface area contributed by atoms with Gasteiger partial charge in [-0.05, 0) is 31.9 Å². The Bertz CT molecular complexity index is 944. The average Bonchev–Trinajstić information content (AvgIpc) is 2.75. The molecule has 30 heavy (non-hydrogen) atoms. The second-order valence-corrected chi connectivity index (χ2v) is 7.06. The lowest BCUT2D eigenvalue weighted by Crippen LogP contribution is -2.37. The molecule has 1 heterocycles. The van der Waals surface area contributed by atoms with E-state index < -0.39 is 35.4 Å². The van der Waals surface area contributed by atoms with Crippen molar-refractivity contribution in [2.45, 2.75) is 58.8 Å². The molecule has 0 spiro atoms. The van der Waals surface area contributed by atoms with Crippen molar-refractivity contribution in [1.82, 2.24) is 14.9 Å². The van der Waals surface area contributed by atoms with E-state index in [1.165, 1.54) is 4.57 Å². The van der Waals surface area contributed by atoms with Crippen molar-refractivity contribution in [3.63, 3.8) is 0 Å². The summed E-state index contributed by atoms with van der Waals surface area (Å²) in [5.74, 6) is -2.45. The molecule has 0 saturated heterocycles. The zero-order valence-electron chi connectivity index (χ0n) is 17.6. The highest BCUT2D eigenvalue weighted by atomic mass is 16.4. The first kappa shape index (κ1) is 23.1. The normalized spacial score (nSPS) is 13.8. The quantitative estimate of drug-likeness (QED) is 0.690. The maximum atomic E-state index is 13.2. The molecule has 1 aliphatic rings. The zero-order chi connectivity index (χ0) is 22.3. The highest BCUT2D eigenvalue weighted by Crippen LogP contribution is 2.33. The van der Waals surface area contributed by atoms with Crippen LogP contribution in [0.15, 0.2) is 29.1 Å². The number of aryl methyl sites for hydroxylation is 1. The van der Waals surface area contributed by atoms with Gasteiger partial charge in [0.2, 0.25) is 5.88 Å². The lowest BCUT2D eigenvalue weighted by Gasteiger charge is -2.24. The number of aliphatic carboxylic acids is 1. The number of hydrogen-bond acceptors (Lipinski definition) is 5. The van der Waals surface area contributed by atoms with Crippen molar-refractivity contribution < 1.29 is 19.8 Å². The molecule has 1 saturated carbocycles. The molecule has 0 bridgehead atoms. The summed E-state index contributed by atoms with van der Waals surface area (Å²) >= 11 is 0. The molecule has 8 nitrogen and oxygen atoms in total. The van der Waals surface area contributed by atoms with Crippen LogP contribution >= 0.6 is 0 Å². The summed E-state index contributed by atoms with van der Waals surface area (Å²) in [6.07, 6.45) is 4.84. The van der Waals surface area contributed by atoms with Gasteiger partial charge in [-0.3, -0.25) is 19.0 Å². The molecule has 1 aromatic heterocycles. The van der Waals surface area contributed by atoms with Gasteiger partial charge in [-0.2, -0.15) is 4.98 Å². The second-order valence-electron chi connectivity index (χ2n) is 7.06. The van der Waals surface area contributed by atoms with E-state index in [1.807, 2.05) is 32.9 Å². The second kappa shape index (κ2) is 10.6. The number of carboxylic acid groups (broad SMARTS) is 1. The Morgan fingerprint density at radius 3 is 2.30 bits per heavy atom. The van der Waals surface area contributed by atoms with Gasteiger partial charge in [0, 0.05) is 5.92 Å². The SMILES string of the molecule is CC.Cc1ccc(-n2c(C3CCCCC3)nc(O)c(C(=O)NCC(=O)O)c2=O)cc1. The predicted octanol–water partition coefficient (Wildman–Crippen LogP) is 3.13. The fourth-order valence-corrected chi connectivity index (χ4v) is 3.55. The van der Waals surface area contributed by atoms with Gasteiger partial charge in [-0.1, -0.05) is 50.8 Å². The van der Waals surface area contributed by atoms with Crippen LogP contribution in [0.1, 0.15) is 73.6 Å². The minimum atomic E-state index is -1.25. The number of hydrogen-bond donors (Lipinski definition) is 3.